The Morgan fingerprint density at radius 1 is 1.03 bits per heavy atom. The van der Waals surface area contributed by atoms with Crippen molar-refractivity contribution in [2.75, 3.05) is 18.0 Å². The number of fused-ring (bicyclic) bond motifs is 1. The summed E-state index contributed by atoms with van der Waals surface area (Å²) in [6.45, 7) is 2.05. The molecule has 1 N–H and O–H groups in total. The fraction of sp³-hybridized carbons (Fsp3) is 0.231. The number of rotatable bonds is 8. The lowest BCUT2D eigenvalue weighted by Crippen LogP contribution is -2.35. The topological polar surface area (TPSA) is 102 Å². The van der Waals surface area contributed by atoms with Gasteiger partial charge in [0.2, 0.25) is 0 Å². The number of ether oxygens (including phenoxy) is 2. The van der Waals surface area contributed by atoms with E-state index in [-0.39, 0.29) is 22.8 Å². The summed E-state index contributed by atoms with van der Waals surface area (Å²) in [7, 11) is -2.56. The van der Waals surface area contributed by atoms with Crippen LogP contribution >= 0.6 is 0 Å². The van der Waals surface area contributed by atoms with Gasteiger partial charge < -0.3 is 14.8 Å². The van der Waals surface area contributed by atoms with Crippen molar-refractivity contribution in [3.05, 3.63) is 89.5 Å². The zero-order valence-corrected chi connectivity index (χ0v) is 20.2. The van der Waals surface area contributed by atoms with Gasteiger partial charge in [0.1, 0.15) is 11.3 Å². The van der Waals surface area contributed by atoms with Crippen molar-refractivity contribution in [1.29, 1.82) is 0 Å². The molecule has 4 rings (SSSR count). The molecule has 0 aliphatic carbocycles. The van der Waals surface area contributed by atoms with Crippen LogP contribution in [-0.2, 0) is 32.5 Å². The molecule has 0 fully saturated rings. The second-order valence-corrected chi connectivity index (χ2v) is 9.93. The highest BCUT2D eigenvalue weighted by Gasteiger charge is 2.32. The van der Waals surface area contributed by atoms with E-state index in [0.29, 0.717) is 18.7 Å². The van der Waals surface area contributed by atoms with Gasteiger partial charge in [0.15, 0.2) is 6.10 Å². The van der Waals surface area contributed by atoms with E-state index in [0.717, 1.165) is 11.1 Å². The number of hydrogen-bond donors (Lipinski definition) is 1. The number of benzene rings is 3. The first kappa shape index (κ1) is 24.3. The predicted octanol–water partition coefficient (Wildman–Crippen LogP) is 3.31. The van der Waals surface area contributed by atoms with Crippen molar-refractivity contribution in [3.63, 3.8) is 0 Å². The lowest BCUT2D eigenvalue weighted by atomic mass is 10.2. The third-order valence-corrected chi connectivity index (χ3v) is 7.60. The first-order valence-corrected chi connectivity index (χ1v) is 12.6. The van der Waals surface area contributed by atoms with E-state index in [1.807, 2.05) is 42.5 Å². The average Bonchev–Trinajstić information content (AvgIpc) is 3.32. The van der Waals surface area contributed by atoms with Gasteiger partial charge >= 0.3 is 5.97 Å². The Morgan fingerprint density at radius 2 is 1.74 bits per heavy atom. The van der Waals surface area contributed by atoms with Gasteiger partial charge in [-0.25, -0.2) is 13.2 Å². The fourth-order valence-electron chi connectivity index (χ4n) is 3.90. The van der Waals surface area contributed by atoms with Crippen LogP contribution in [0.3, 0.4) is 0 Å². The van der Waals surface area contributed by atoms with Crippen LogP contribution in [-0.4, -0.2) is 40.1 Å². The smallest absolute Gasteiger partial charge is 0.342 e. The number of methoxy groups -OCH3 is 1. The predicted molar refractivity (Wildman–Crippen MR) is 131 cm³/mol. The summed E-state index contributed by atoms with van der Waals surface area (Å²) in [6.07, 6.45) is -0.488. The molecule has 1 aliphatic rings. The Bertz CT molecular complexity index is 1340. The number of carbonyl (C=O) groups excluding carboxylic acids is 2. The monoisotopic (exact) mass is 494 g/mol. The van der Waals surface area contributed by atoms with Crippen LogP contribution in [0.25, 0.3) is 0 Å². The molecule has 3 aromatic carbocycles. The van der Waals surface area contributed by atoms with Gasteiger partial charge in [-0.2, -0.15) is 0 Å². The van der Waals surface area contributed by atoms with Crippen molar-refractivity contribution in [3.8, 4) is 5.75 Å². The quantitative estimate of drug-likeness (QED) is 0.482. The van der Waals surface area contributed by atoms with Crippen molar-refractivity contribution in [1.82, 2.24) is 5.32 Å². The third-order valence-electron chi connectivity index (χ3n) is 5.79. The number of anilines is 1. The SMILES string of the molecule is COc1ccc(S(=O)(=O)N2CCc3ccccc32)cc1C(=O)OC(C)C(=O)NCc1ccccc1. The maximum absolute atomic E-state index is 13.4. The minimum Gasteiger partial charge on any atom is -0.496 e. The Kier molecular flexibility index (Phi) is 7.07. The molecule has 0 aromatic heterocycles. The lowest BCUT2D eigenvalue weighted by molar-refractivity contribution is -0.129. The van der Waals surface area contributed by atoms with Gasteiger partial charge in [0.05, 0.1) is 17.7 Å². The third kappa shape index (κ3) is 5.14. The highest BCUT2D eigenvalue weighted by molar-refractivity contribution is 7.92. The minimum absolute atomic E-state index is 0.0665. The van der Waals surface area contributed by atoms with Crippen molar-refractivity contribution in [2.45, 2.75) is 30.9 Å². The largest absolute Gasteiger partial charge is 0.496 e. The molecule has 0 saturated heterocycles. The average molecular weight is 495 g/mol. The highest BCUT2D eigenvalue weighted by Crippen LogP contribution is 2.34. The van der Waals surface area contributed by atoms with Crippen LogP contribution in [0.1, 0.15) is 28.4 Å². The molecule has 9 heteroatoms. The molecule has 1 unspecified atom stereocenters. The summed E-state index contributed by atoms with van der Waals surface area (Å²) in [5.74, 6) is -1.19. The van der Waals surface area contributed by atoms with E-state index in [4.69, 9.17) is 9.47 Å². The summed E-state index contributed by atoms with van der Waals surface area (Å²) in [5, 5.41) is 2.72. The molecule has 0 spiro atoms. The van der Waals surface area contributed by atoms with Crippen LogP contribution in [0, 0.1) is 0 Å². The van der Waals surface area contributed by atoms with Crippen LogP contribution in [0.15, 0.2) is 77.7 Å². The van der Waals surface area contributed by atoms with Gasteiger partial charge in [-0.05, 0) is 48.7 Å². The molecule has 35 heavy (non-hydrogen) atoms. The van der Waals surface area contributed by atoms with E-state index in [2.05, 4.69) is 5.32 Å². The van der Waals surface area contributed by atoms with Crippen LogP contribution in [0.5, 0.6) is 5.75 Å². The molecule has 3 aromatic rings. The zero-order valence-electron chi connectivity index (χ0n) is 19.4. The van der Waals surface area contributed by atoms with Gasteiger partial charge in [-0.1, -0.05) is 48.5 Å². The van der Waals surface area contributed by atoms with Crippen molar-refractivity contribution >= 4 is 27.6 Å². The van der Waals surface area contributed by atoms with E-state index in [9.17, 15) is 18.0 Å². The zero-order chi connectivity index (χ0) is 25.0. The summed E-state index contributed by atoms with van der Waals surface area (Å²) < 4.78 is 38.7. The number of carbonyl (C=O) groups is 2. The van der Waals surface area contributed by atoms with Gasteiger partial charge in [0, 0.05) is 13.1 Å². The molecule has 0 bridgehead atoms. The lowest BCUT2D eigenvalue weighted by Gasteiger charge is -2.20. The first-order chi connectivity index (χ1) is 16.8. The summed E-state index contributed by atoms with van der Waals surface area (Å²) in [6, 6.07) is 20.7. The van der Waals surface area contributed by atoms with Crippen molar-refractivity contribution < 1.29 is 27.5 Å². The summed E-state index contributed by atoms with van der Waals surface area (Å²) in [5.41, 5.74) is 2.39. The summed E-state index contributed by atoms with van der Waals surface area (Å²) >= 11 is 0. The number of nitrogens with one attached hydrogen (secondary N) is 1. The molecule has 1 aliphatic heterocycles. The molecule has 1 heterocycles. The van der Waals surface area contributed by atoms with Crippen molar-refractivity contribution in [2.24, 2.45) is 0 Å². The summed E-state index contributed by atoms with van der Waals surface area (Å²) in [4.78, 5) is 25.3. The Hall–Kier alpha value is -3.85. The highest BCUT2D eigenvalue weighted by atomic mass is 32.2. The van der Waals surface area contributed by atoms with E-state index < -0.39 is 28.0 Å². The number of hydrogen-bond acceptors (Lipinski definition) is 6. The number of esters is 1. The molecule has 0 saturated carbocycles. The molecule has 1 atom stereocenters. The van der Waals surface area contributed by atoms with Crippen LogP contribution in [0.2, 0.25) is 0 Å². The van der Waals surface area contributed by atoms with Crippen LogP contribution in [0.4, 0.5) is 5.69 Å². The first-order valence-electron chi connectivity index (χ1n) is 11.1. The Labute approximate surface area is 204 Å². The maximum Gasteiger partial charge on any atom is 0.342 e. The van der Waals surface area contributed by atoms with Gasteiger partial charge in [-0.15, -0.1) is 0 Å². The van der Waals surface area contributed by atoms with E-state index in [1.165, 1.54) is 36.5 Å². The number of sulfonamides is 1. The second kappa shape index (κ2) is 10.2. The van der Waals surface area contributed by atoms with E-state index >= 15 is 0 Å². The fourth-order valence-corrected chi connectivity index (χ4v) is 5.43. The second-order valence-electron chi connectivity index (χ2n) is 8.07. The molecular formula is C26H26N2O6S. The minimum atomic E-state index is -3.93. The molecule has 0 radical (unpaired) electrons. The molecule has 182 valence electrons. The molecule has 8 nitrogen and oxygen atoms in total. The standard InChI is InChI=1S/C26H26N2O6S/c1-18(25(29)27-17-19-8-4-3-5-9-19)34-26(30)22-16-21(12-13-24(22)33-2)35(31,32)28-15-14-20-10-6-7-11-23(20)28/h3-13,16,18H,14-15,17H2,1-2H3,(H,27,29). The van der Waals surface area contributed by atoms with Gasteiger partial charge in [0.25, 0.3) is 15.9 Å². The van der Waals surface area contributed by atoms with Crippen LogP contribution < -0.4 is 14.4 Å². The number of amides is 1. The maximum atomic E-state index is 13.4. The van der Waals surface area contributed by atoms with E-state index in [1.54, 1.807) is 12.1 Å². The molecule has 1 amide bonds. The number of nitrogens with zero attached hydrogens (tertiary/aromatic N) is 1. The normalized spacial score (nSPS) is 13.6. The number of para-hydroxylation sites is 1. The molecular weight excluding hydrogens is 468 g/mol. The Morgan fingerprint density at radius 3 is 2.49 bits per heavy atom. The Balaban J connectivity index is 1.51. The van der Waals surface area contributed by atoms with Gasteiger partial charge in [-0.3, -0.25) is 9.10 Å².